The summed E-state index contributed by atoms with van der Waals surface area (Å²) in [6.45, 7) is 0.188. The van der Waals surface area contributed by atoms with E-state index in [1.54, 1.807) is 12.3 Å². The summed E-state index contributed by atoms with van der Waals surface area (Å²) >= 11 is 0. The van der Waals surface area contributed by atoms with Gasteiger partial charge in [-0.25, -0.2) is 4.79 Å². The molecular weight excluding hydrogens is 370 g/mol. The van der Waals surface area contributed by atoms with Gasteiger partial charge in [0.1, 0.15) is 0 Å². The van der Waals surface area contributed by atoms with Crippen LogP contribution in [0.25, 0.3) is 10.9 Å². The zero-order valence-corrected chi connectivity index (χ0v) is 16.0. The van der Waals surface area contributed by atoms with Crippen LogP contribution in [0, 0.1) is 0 Å². The summed E-state index contributed by atoms with van der Waals surface area (Å²) in [5, 5.41) is 7.78. The van der Waals surface area contributed by atoms with Gasteiger partial charge in [-0.2, -0.15) is 0 Å². The average molecular weight is 391 g/mol. The Morgan fingerprint density at radius 1 is 1.17 bits per heavy atom. The zero-order chi connectivity index (χ0) is 20.3. The first kappa shape index (κ1) is 18.7. The Labute approximate surface area is 167 Å². The van der Waals surface area contributed by atoms with Crippen molar-refractivity contribution in [3.8, 4) is 0 Å². The van der Waals surface area contributed by atoms with Crippen LogP contribution in [0.1, 0.15) is 22.3 Å². The molecule has 0 fully saturated rings. The molecule has 2 N–H and O–H groups in total. The number of amides is 1. The Kier molecular flexibility index (Phi) is 5.03. The maximum Gasteiger partial charge on any atom is 0.353 e. The van der Waals surface area contributed by atoms with Gasteiger partial charge in [0.15, 0.2) is 0 Å². The molecule has 0 bridgehead atoms. The van der Waals surface area contributed by atoms with Gasteiger partial charge in [-0.15, -0.1) is 0 Å². The molecule has 1 aliphatic heterocycles. The normalized spacial score (nSPS) is 18.2. The largest absolute Gasteiger partial charge is 0.466 e. The molecule has 7 heteroatoms. The monoisotopic (exact) mass is 391 g/mol. The first-order chi connectivity index (χ1) is 14.1. The van der Waals surface area contributed by atoms with E-state index in [1.807, 2.05) is 48.5 Å². The smallest absolute Gasteiger partial charge is 0.353 e. The third-order valence-electron chi connectivity index (χ3n) is 5.02. The topological polar surface area (TPSA) is 92.8 Å². The number of carbonyl (C=O) groups is 2. The van der Waals surface area contributed by atoms with Crippen LogP contribution in [0.3, 0.4) is 0 Å². The van der Waals surface area contributed by atoms with Crippen molar-refractivity contribution in [1.29, 1.82) is 0 Å². The van der Waals surface area contributed by atoms with Gasteiger partial charge in [-0.05, 0) is 23.8 Å². The van der Waals surface area contributed by atoms with Crippen LogP contribution in [0.15, 0.2) is 65.9 Å². The number of fused-ring (bicyclic) bond motifs is 1. The van der Waals surface area contributed by atoms with Crippen LogP contribution in [0.5, 0.6) is 0 Å². The molecule has 0 radical (unpaired) electrons. The highest BCUT2D eigenvalue weighted by atomic mass is 16.7. The minimum atomic E-state index is -1.21. The Morgan fingerprint density at radius 3 is 2.79 bits per heavy atom. The minimum absolute atomic E-state index is 0.188. The number of esters is 1. The second-order valence-electron chi connectivity index (χ2n) is 7.00. The number of benzene rings is 2. The van der Waals surface area contributed by atoms with Crippen molar-refractivity contribution in [3.63, 3.8) is 0 Å². The Balaban J connectivity index is 1.44. The number of nitrogens with one attached hydrogen (secondary N) is 2. The standard InChI is InChI=1S/C22H21N3O4/c1-28-21(27)22(12-15-6-3-2-4-7-15)13-16(25-29-22)14-24-20(26)18-8-5-9-19-17(18)10-11-23-19/h2-11,23H,12-14H2,1H3,(H,24,26). The second-order valence-corrected chi connectivity index (χ2v) is 7.00. The van der Waals surface area contributed by atoms with Gasteiger partial charge in [0, 0.05) is 35.5 Å². The van der Waals surface area contributed by atoms with Crippen LogP contribution in [0.2, 0.25) is 0 Å². The van der Waals surface area contributed by atoms with Crippen molar-refractivity contribution in [2.75, 3.05) is 13.7 Å². The van der Waals surface area contributed by atoms with Gasteiger partial charge in [0.2, 0.25) is 5.60 Å². The molecule has 3 aromatic rings. The fourth-order valence-corrected chi connectivity index (χ4v) is 3.59. The first-order valence-corrected chi connectivity index (χ1v) is 9.32. The molecule has 2 heterocycles. The third kappa shape index (κ3) is 3.71. The lowest BCUT2D eigenvalue weighted by Gasteiger charge is -2.23. The Bertz CT molecular complexity index is 1070. The molecule has 29 heavy (non-hydrogen) atoms. The summed E-state index contributed by atoms with van der Waals surface area (Å²) in [6.07, 6.45) is 2.39. The van der Waals surface area contributed by atoms with E-state index in [-0.39, 0.29) is 18.9 Å². The lowest BCUT2D eigenvalue weighted by Crippen LogP contribution is -2.43. The number of aromatic nitrogens is 1. The number of oxime groups is 1. The number of aromatic amines is 1. The van der Waals surface area contributed by atoms with Gasteiger partial charge < -0.3 is 19.9 Å². The molecule has 7 nitrogen and oxygen atoms in total. The van der Waals surface area contributed by atoms with E-state index in [4.69, 9.17) is 9.57 Å². The molecule has 1 atom stereocenters. The highest BCUT2D eigenvalue weighted by Crippen LogP contribution is 2.30. The maximum absolute atomic E-state index is 12.6. The molecule has 1 amide bonds. The first-order valence-electron chi connectivity index (χ1n) is 9.32. The summed E-state index contributed by atoms with van der Waals surface area (Å²) in [4.78, 5) is 33.7. The number of carbonyl (C=O) groups excluding carboxylic acids is 2. The van der Waals surface area contributed by atoms with E-state index in [9.17, 15) is 9.59 Å². The minimum Gasteiger partial charge on any atom is -0.466 e. The third-order valence-corrected chi connectivity index (χ3v) is 5.02. The molecule has 0 aliphatic carbocycles. The van der Waals surface area contributed by atoms with E-state index in [1.165, 1.54) is 7.11 Å². The summed E-state index contributed by atoms with van der Waals surface area (Å²) in [5.74, 6) is -0.694. The predicted molar refractivity (Wildman–Crippen MR) is 109 cm³/mol. The molecule has 4 rings (SSSR count). The lowest BCUT2D eigenvalue weighted by atomic mass is 9.89. The molecule has 0 saturated heterocycles. The number of nitrogens with zero attached hydrogens (tertiary/aromatic N) is 1. The molecule has 148 valence electrons. The fourth-order valence-electron chi connectivity index (χ4n) is 3.59. The molecular formula is C22H21N3O4. The van der Waals surface area contributed by atoms with Crippen LogP contribution in [-0.2, 0) is 20.8 Å². The van der Waals surface area contributed by atoms with E-state index in [0.717, 1.165) is 16.5 Å². The van der Waals surface area contributed by atoms with E-state index in [2.05, 4.69) is 15.5 Å². The van der Waals surface area contributed by atoms with E-state index >= 15 is 0 Å². The SMILES string of the molecule is COC(=O)C1(Cc2ccccc2)CC(CNC(=O)c2cccc3[nH]ccc23)=NO1. The molecule has 0 spiro atoms. The zero-order valence-electron chi connectivity index (χ0n) is 16.0. The average Bonchev–Trinajstić information content (AvgIpc) is 3.39. The summed E-state index contributed by atoms with van der Waals surface area (Å²) < 4.78 is 4.96. The Hall–Kier alpha value is -3.61. The summed E-state index contributed by atoms with van der Waals surface area (Å²) in [5.41, 5.74) is 1.79. The number of H-pyrrole nitrogens is 1. The summed E-state index contributed by atoms with van der Waals surface area (Å²) in [7, 11) is 1.33. The van der Waals surface area contributed by atoms with Crippen molar-refractivity contribution in [2.45, 2.75) is 18.4 Å². The quantitative estimate of drug-likeness (QED) is 0.632. The van der Waals surface area contributed by atoms with Crippen molar-refractivity contribution >= 4 is 28.5 Å². The highest BCUT2D eigenvalue weighted by molar-refractivity contribution is 6.07. The maximum atomic E-state index is 12.6. The van der Waals surface area contributed by atoms with Crippen molar-refractivity contribution in [2.24, 2.45) is 5.16 Å². The van der Waals surface area contributed by atoms with Gasteiger partial charge in [-0.1, -0.05) is 41.6 Å². The van der Waals surface area contributed by atoms with Gasteiger partial charge in [0.05, 0.1) is 19.4 Å². The molecule has 1 unspecified atom stereocenters. The number of rotatable bonds is 6. The number of methoxy groups -OCH3 is 1. The number of ether oxygens (including phenoxy) is 1. The molecule has 1 aromatic heterocycles. The fraction of sp³-hybridized carbons (Fsp3) is 0.227. The van der Waals surface area contributed by atoms with Crippen LogP contribution < -0.4 is 5.32 Å². The van der Waals surface area contributed by atoms with Crippen LogP contribution >= 0.6 is 0 Å². The van der Waals surface area contributed by atoms with Crippen molar-refractivity contribution in [1.82, 2.24) is 10.3 Å². The number of hydrogen-bond donors (Lipinski definition) is 2. The van der Waals surface area contributed by atoms with Crippen molar-refractivity contribution in [3.05, 3.63) is 71.9 Å². The van der Waals surface area contributed by atoms with Crippen LogP contribution in [0.4, 0.5) is 0 Å². The van der Waals surface area contributed by atoms with E-state index in [0.29, 0.717) is 17.7 Å². The molecule has 0 saturated carbocycles. The number of hydrogen-bond acceptors (Lipinski definition) is 5. The highest BCUT2D eigenvalue weighted by Gasteiger charge is 2.47. The lowest BCUT2D eigenvalue weighted by molar-refractivity contribution is -0.166. The second kappa shape index (κ2) is 7.79. The van der Waals surface area contributed by atoms with Gasteiger partial charge in [-0.3, -0.25) is 4.79 Å². The van der Waals surface area contributed by atoms with E-state index < -0.39 is 11.6 Å². The van der Waals surface area contributed by atoms with Crippen LogP contribution in [-0.4, -0.2) is 41.8 Å². The molecule has 1 aliphatic rings. The summed E-state index contributed by atoms with van der Waals surface area (Å²) in [6, 6.07) is 16.9. The van der Waals surface area contributed by atoms with Gasteiger partial charge in [0.25, 0.3) is 5.91 Å². The predicted octanol–water partition coefficient (Wildman–Crippen LogP) is 2.83. The molecule has 2 aromatic carbocycles. The van der Waals surface area contributed by atoms with Crippen molar-refractivity contribution < 1.29 is 19.2 Å². The Morgan fingerprint density at radius 2 is 2.00 bits per heavy atom. The van der Waals surface area contributed by atoms with Gasteiger partial charge >= 0.3 is 5.97 Å².